The molecule has 0 aromatic heterocycles. The third-order valence-electron chi connectivity index (χ3n) is 2.87. The largest absolute Gasteiger partial charge is 0.375 e. The summed E-state index contributed by atoms with van der Waals surface area (Å²) in [6.45, 7) is 2.16. The van der Waals surface area contributed by atoms with Gasteiger partial charge in [0.15, 0.2) is 0 Å². The van der Waals surface area contributed by atoms with Crippen LogP contribution in [0, 0.1) is 10.1 Å². The van der Waals surface area contributed by atoms with E-state index in [9.17, 15) is 10.1 Å². The van der Waals surface area contributed by atoms with E-state index in [1.165, 1.54) is 12.5 Å². The maximum absolute atomic E-state index is 10.6. The lowest BCUT2D eigenvalue weighted by atomic mass is 10.2. The molecule has 0 aliphatic carbocycles. The number of nitro benzene ring substituents is 1. The quantitative estimate of drug-likeness (QED) is 0.626. The number of non-ortho nitro benzene ring substituents is 1. The molecule has 5 nitrogen and oxygen atoms in total. The molecular formula is C12H16N2O3. The van der Waals surface area contributed by atoms with Gasteiger partial charge in [-0.05, 0) is 24.9 Å². The van der Waals surface area contributed by atoms with Crippen LogP contribution in [-0.2, 0) is 11.3 Å². The van der Waals surface area contributed by atoms with Gasteiger partial charge in [0.2, 0.25) is 0 Å². The third-order valence-corrected chi connectivity index (χ3v) is 2.87. The molecule has 1 aromatic carbocycles. The van der Waals surface area contributed by atoms with Crippen molar-refractivity contribution in [3.8, 4) is 0 Å². The first-order chi connectivity index (χ1) is 8.25. The molecule has 1 N–H and O–H groups in total. The predicted octanol–water partition coefficient (Wildman–Crippen LogP) is 1.86. The molecule has 1 fully saturated rings. The van der Waals surface area contributed by atoms with Crippen molar-refractivity contribution < 1.29 is 9.66 Å². The summed E-state index contributed by atoms with van der Waals surface area (Å²) >= 11 is 0. The fraction of sp³-hybridized carbons (Fsp3) is 0.500. The summed E-state index contributed by atoms with van der Waals surface area (Å²) in [4.78, 5) is 10.2. The second-order valence-electron chi connectivity index (χ2n) is 4.24. The summed E-state index contributed by atoms with van der Waals surface area (Å²) in [5.41, 5.74) is 0.960. The first-order valence-corrected chi connectivity index (χ1v) is 5.80. The van der Waals surface area contributed by atoms with E-state index in [-0.39, 0.29) is 10.6 Å². The molecule has 5 heteroatoms. The number of benzene rings is 1. The van der Waals surface area contributed by atoms with Crippen molar-refractivity contribution in [1.82, 2.24) is 5.32 Å². The molecule has 1 atom stereocenters. The SMILES string of the molecule is O=[N+]([O-])c1cccc(COCC2CCCN2)c1. The van der Waals surface area contributed by atoms with Gasteiger partial charge in [-0.25, -0.2) is 0 Å². The predicted molar refractivity (Wildman–Crippen MR) is 63.8 cm³/mol. The highest BCUT2D eigenvalue weighted by molar-refractivity contribution is 5.33. The van der Waals surface area contributed by atoms with Crippen LogP contribution < -0.4 is 5.32 Å². The highest BCUT2D eigenvalue weighted by Crippen LogP contribution is 2.14. The molecule has 1 aliphatic rings. The van der Waals surface area contributed by atoms with E-state index < -0.39 is 0 Å². The normalized spacial score (nSPS) is 19.4. The molecule has 0 spiro atoms. The van der Waals surface area contributed by atoms with Gasteiger partial charge in [0.25, 0.3) is 5.69 Å². The van der Waals surface area contributed by atoms with Gasteiger partial charge in [0.1, 0.15) is 0 Å². The first kappa shape index (κ1) is 12.0. The van der Waals surface area contributed by atoms with Crippen LogP contribution in [0.15, 0.2) is 24.3 Å². The minimum atomic E-state index is -0.387. The van der Waals surface area contributed by atoms with Gasteiger partial charge in [-0.3, -0.25) is 10.1 Å². The molecule has 2 rings (SSSR count). The molecule has 0 amide bonds. The van der Waals surface area contributed by atoms with Crippen LogP contribution in [0.4, 0.5) is 5.69 Å². The Morgan fingerprint density at radius 2 is 2.41 bits per heavy atom. The summed E-state index contributed by atoms with van der Waals surface area (Å²) in [5, 5.41) is 13.9. The van der Waals surface area contributed by atoms with Crippen molar-refractivity contribution in [2.75, 3.05) is 13.2 Å². The second kappa shape index (κ2) is 5.75. The molecule has 0 bridgehead atoms. The fourth-order valence-electron chi connectivity index (χ4n) is 1.98. The monoisotopic (exact) mass is 236 g/mol. The zero-order valence-electron chi connectivity index (χ0n) is 9.59. The van der Waals surface area contributed by atoms with E-state index in [2.05, 4.69) is 5.32 Å². The lowest BCUT2D eigenvalue weighted by Gasteiger charge is -2.10. The van der Waals surface area contributed by atoms with Crippen molar-refractivity contribution >= 4 is 5.69 Å². The van der Waals surface area contributed by atoms with E-state index >= 15 is 0 Å². The number of nitro groups is 1. The van der Waals surface area contributed by atoms with E-state index in [4.69, 9.17) is 4.74 Å². The van der Waals surface area contributed by atoms with Crippen molar-refractivity contribution in [3.05, 3.63) is 39.9 Å². The fourth-order valence-corrected chi connectivity index (χ4v) is 1.98. The lowest BCUT2D eigenvalue weighted by Crippen LogP contribution is -2.26. The zero-order valence-corrected chi connectivity index (χ0v) is 9.59. The average molecular weight is 236 g/mol. The van der Waals surface area contributed by atoms with Crippen LogP contribution in [-0.4, -0.2) is 24.1 Å². The molecule has 0 saturated carbocycles. The van der Waals surface area contributed by atoms with Crippen LogP contribution in [0.5, 0.6) is 0 Å². The average Bonchev–Trinajstić information content (AvgIpc) is 2.82. The number of ether oxygens (including phenoxy) is 1. The van der Waals surface area contributed by atoms with Crippen LogP contribution >= 0.6 is 0 Å². The maximum atomic E-state index is 10.6. The molecule has 1 saturated heterocycles. The van der Waals surface area contributed by atoms with Crippen LogP contribution in [0.25, 0.3) is 0 Å². The van der Waals surface area contributed by atoms with E-state index in [1.807, 2.05) is 6.07 Å². The Kier molecular flexibility index (Phi) is 4.06. The summed E-state index contributed by atoms with van der Waals surface area (Å²) in [6, 6.07) is 7.01. The Labute approximate surface area is 99.9 Å². The molecule has 1 heterocycles. The molecule has 17 heavy (non-hydrogen) atoms. The Hall–Kier alpha value is -1.46. The first-order valence-electron chi connectivity index (χ1n) is 5.80. The topological polar surface area (TPSA) is 64.4 Å². The summed E-state index contributed by atoms with van der Waals surface area (Å²) in [6.07, 6.45) is 2.35. The minimum absolute atomic E-state index is 0.116. The van der Waals surface area contributed by atoms with Gasteiger partial charge in [0, 0.05) is 18.2 Å². The van der Waals surface area contributed by atoms with Gasteiger partial charge in [-0.1, -0.05) is 12.1 Å². The van der Waals surface area contributed by atoms with E-state index in [0.29, 0.717) is 19.3 Å². The van der Waals surface area contributed by atoms with Crippen molar-refractivity contribution in [2.45, 2.75) is 25.5 Å². The number of nitrogens with one attached hydrogen (secondary N) is 1. The Morgan fingerprint density at radius 3 is 3.12 bits per heavy atom. The Balaban J connectivity index is 1.81. The van der Waals surface area contributed by atoms with Gasteiger partial charge >= 0.3 is 0 Å². The number of rotatable bonds is 5. The Morgan fingerprint density at radius 1 is 1.53 bits per heavy atom. The molecule has 1 unspecified atom stereocenters. The smallest absolute Gasteiger partial charge is 0.269 e. The third kappa shape index (κ3) is 3.51. The Bertz CT molecular complexity index is 389. The molecule has 1 aromatic rings. The summed E-state index contributed by atoms with van der Waals surface area (Å²) in [5.74, 6) is 0. The standard InChI is InChI=1S/C12H16N2O3/c15-14(16)12-5-1-3-10(7-12)8-17-9-11-4-2-6-13-11/h1,3,5,7,11,13H,2,4,6,8-9H2. The number of nitrogens with zero attached hydrogens (tertiary/aromatic N) is 1. The lowest BCUT2D eigenvalue weighted by molar-refractivity contribution is -0.384. The molecular weight excluding hydrogens is 220 g/mol. The van der Waals surface area contributed by atoms with E-state index in [1.54, 1.807) is 12.1 Å². The summed E-state index contributed by atoms with van der Waals surface area (Å²) < 4.78 is 5.55. The molecule has 92 valence electrons. The minimum Gasteiger partial charge on any atom is -0.375 e. The van der Waals surface area contributed by atoms with Crippen LogP contribution in [0.2, 0.25) is 0 Å². The number of hydrogen-bond donors (Lipinski definition) is 1. The van der Waals surface area contributed by atoms with Crippen molar-refractivity contribution in [3.63, 3.8) is 0 Å². The van der Waals surface area contributed by atoms with Crippen molar-refractivity contribution in [1.29, 1.82) is 0 Å². The maximum Gasteiger partial charge on any atom is 0.269 e. The summed E-state index contributed by atoms with van der Waals surface area (Å²) in [7, 11) is 0. The van der Waals surface area contributed by atoms with Gasteiger partial charge < -0.3 is 10.1 Å². The van der Waals surface area contributed by atoms with Crippen molar-refractivity contribution in [2.24, 2.45) is 0 Å². The van der Waals surface area contributed by atoms with Crippen LogP contribution in [0.1, 0.15) is 18.4 Å². The zero-order chi connectivity index (χ0) is 12.1. The van der Waals surface area contributed by atoms with Crippen LogP contribution in [0.3, 0.4) is 0 Å². The molecule has 1 aliphatic heterocycles. The van der Waals surface area contributed by atoms with Gasteiger partial charge in [-0.15, -0.1) is 0 Å². The highest BCUT2D eigenvalue weighted by Gasteiger charge is 2.13. The highest BCUT2D eigenvalue weighted by atomic mass is 16.6. The van der Waals surface area contributed by atoms with E-state index in [0.717, 1.165) is 18.5 Å². The number of hydrogen-bond acceptors (Lipinski definition) is 4. The second-order valence-corrected chi connectivity index (χ2v) is 4.24. The van der Waals surface area contributed by atoms with Gasteiger partial charge in [-0.2, -0.15) is 0 Å². The molecule has 0 radical (unpaired) electrons. The van der Waals surface area contributed by atoms with Gasteiger partial charge in [0.05, 0.1) is 18.1 Å².